The molecule has 1 aromatic heterocycles. The number of aromatic nitrogens is 1. The summed E-state index contributed by atoms with van der Waals surface area (Å²) in [6, 6.07) is 19.8. The van der Waals surface area contributed by atoms with Crippen molar-refractivity contribution < 1.29 is 14.6 Å². The van der Waals surface area contributed by atoms with Gasteiger partial charge in [-0.3, -0.25) is 9.69 Å². The molecule has 0 amide bonds. The van der Waals surface area contributed by atoms with Crippen LogP contribution in [0.1, 0.15) is 41.3 Å². The fourth-order valence-electron chi connectivity index (χ4n) is 5.22. The van der Waals surface area contributed by atoms with E-state index in [-0.39, 0.29) is 17.4 Å². The topological polar surface area (TPSA) is 63.9 Å². The first-order valence-electron chi connectivity index (χ1n) is 12.4. The summed E-state index contributed by atoms with van der Waals surface area (Å²) in [6.45, 7) is 4.42. The number of rotatable bonds is 9. The van der Waals surface area contributed by atoms with Gasteiger partial charge in [0.25, 0.3) is 5.56 Å². The monoisotopic (exact) mass is 476 g/mol. The van der Waals surface area contributed by atoms with Crippen LogP contribution in [0.25, 0.3) is 0 Å². The van der Waals surface area contributed by atoms with E-state index in [2.05, 4.69) is 35.2 Å². The van der Waals surface area contributed by atoms with E-state index < -0.39 is 0 Å². The van der Waals surface area contributed by atoms with E-state index in [1.54, 1.807) is 24.9 Å². The van der Waals surface area contributed by atoms with Gasteiger partial charge in [-0.25, -0.2) is 0 Å². The maximum atomic E-state index is 13.7. The van der Waals surface area contributed by atoms with E-state index in [0.29, 0.717) is 24.6 Å². The SMILES string of the molecule is COCCn1c(C)cc(O)c([C@@H](c2cccc(OC)c2)N2CCC(Cc3ccccc3)CC2)c1=O. The van der Waals surface area contributed by atoms with Crippen LogP contribution in [0.5, 0.6) is 11.5 Å². The Morgan fingerprint density at radius 3 is 2.46 bits per heavy atom. The summed E-state index contributed by atoms with van der Waals surface area (Å²) in [5.74, 6) is 1.38. The minimum atomic E-state index is -0.357. The number of aromatic hydroxyl groups is 1. The van der Waals surface area contributed by atoms with Gasteiger partial charge in [0.05, 0.1) is 25.3 Å². The van der Waals surface area contributed by atoms with E-state index in [1.165, 1.54) is 5.56 Å². The molecule has 35 heavy (non-hydrogen) atoms. The lowest BCUT2D eigenvalue weighted by atomic mass is 9.87. The van der Waals surface area contributed by atoms with Crippen LogP contribution in [0.3, 0.4) is 0 Å². The van der Waals surface area contributed by atoms with E-state index in [4.69, 9.17) is 9.47 Å². The molecule has 6 heteroatoms. The van der Waals surface area contributed by atoms with Crippen LogP contribution in [-0.2, 0) is 17.7 Å². The number of nitrogens with zero attached hydrogens (tertiary/aromatic N) is 2. The second-order valence-corrected chi connectivity index (χ2v) is 9.38. The van der Waals surface area contributed by atoms with Crippen molar-refractivity contribution in [3.63, 3.8) is 0 Å². The average Bonchev–Trinajstić information content (AvgIpc) is 2.87. The molecule has 0 spiro atoms. The molecular formula is C29H36N2O4. The largest absolute Gasteiger partial charge is 0.507 e. The summed E-state index contributed by atoms with van der Waals surface area (Å²) in [7, 11) is 3.27. The molecule has 1 aliphatic rings. The molecule has 2 heterocycles. The Bertz CT molecular complexity index is 1170. The van der Waals surface area contributed by atoms with Gasteiger partial charge in [0.2, 0.25) is 0 Å². The first-order chi connectivity index (χ1) is 17.0. The van der Waals surface area contributed by atoms with Gasteiger partial charge in [-0.1, -0.05) is 42.5 Å². The highest BCUT2D eigenvalue weighted by Gasteiger charge is 2.32. The van der Waals surface area contributed by atoms with Crippen molar-refractivity contribution in [2.24, 2.45) is 5.92 Å². The Labute approximate surface area is 207 Å². The zero-order valence-electron chi connectivity index (χ0n) is 20.9. The van der Waals surface area contributed by atoms with Gasteiger partial charge < -0.3 is 19.1 Å². The predicted octanol–water partition coefficient (Wildman–Crippen LogP) is 4.56. The van der Waals surface area contributed by atoms with Crippen molar-refractivity contribution in [1.29, 1.82) is 0 Å². The van der Waals surface area contributed by atoms with Crippen LogP contribution in [0, 0.1) is 12.8 Å². The van der Waals surface area contributed by atoms with Gasteiger partial charge in [0.15, 0.2) is 0 Å². The highest BCUT2D eigenvalue weighted by Crippen LogP contribution is 2.36. The molecule has 0 bridgehead atoms. The van der Waals surface area contributed by atoms with Crippen LogP contribution < -0.4 is 10.3 Å². The fourth-order valence-corrected chi connectivity index (χ4v) is 5.22. The Hall–Kier alpha value is -3.09. The summed E-state index contributed by atoms with van der Waals surface area (Å²) >= 11 is 0. The number of likely N-dealkylation sites (tertiary alicyclic amines) is 1. The van der Waals surface area contributed by atoms with Crippen molar-refractivity contribution in [2.45, 2.75) is 38.8 Å². The standard InChI is InChI=1S/C29H36N2O4/c1-21-18-26(32)27(29(33)31(21)16-17-34-2)28(24-10-7-11-25(20-24)35-3)30-14-12-23(13-15-30)19-22-8-5-4-6-9-22/h4-11,18,20,23,28,32H,12-17,19H2,1-3H3/t28-/m1/s1. The first-order valence-corrected chi connectivity index (χ1v) is 12.4. The maximum absolute atomic E-state index is 13.7. The van der Waals surface area contributed by atoms with Crippen LogP contribution in [0.4, 0.5) is 0 Å². The summed E-state index contributed by atoms with van der Waals surface area (Å²) in [5, 5.41) is 11.1. The minimum absolute atomic E-state index is 0.0420. The summed E-state index contributed by atoms with van der Waals surface area (Å²) in [6.07, 6.45) is 3.15. The lowest BCUT2D eigenvalue weighted by molar-refractivity contribution is 0.147. The number of aryl methyl sites for hydroxylation is 1. The lowest BCUT2D eigenvalue weighted by Gasteiger charge is -2.38. The Morgan fingerprint density at radius 1 is 1.03 bits per heavy atom. The quantitative estimate of drug-likeness (QED) is 0.491. The van der Waals surface area contributed by atoms with Crippen molar-refractivity contribution in [2.75, 3.05) is 33.9 Å². The Kier molecular flexibility index (Phi) is 8.26. The summed E-state index contributed by atoms with van der Waals surface area (Å²) < 4.78 is 12.4. The molecule has 1 fully saturated rings. The molecular weight excluding hydrogens is 440 g/mol. The van der Waals surface area contributed by atoms with E-state index in [9.17, 15) is 9.90 Å². The zero-order chi connectivity index (χ0) is 24.8. The normalized spacial score (nSPS) is 15.7. The van der Waals surface area contributed by atoms with Gasteiger partial charge in [0.1, 0.15) is 11.5 Å². The van der Waals surface area contributed by atoms with Crippen molar-refractivity contribution in [1.82, 2.24) is 9.47 Å². The average molecular weight is 477 g/mol. The Balaban J connectivity index is 1.68. The molecule has 6 nitrogen and oxygen atoms in total. The number of benzene rings is 2. The molecule has 0 aliphatic carbocycles. The van der Waals surface area contributed by atoms with Gasteiger partial charge in [-0.15, -0.1) is 0 Å². The highest BCUT2D eigenvalue weighted by atomic mass is 16.5. The minimum Gasteiger partial charge on any atom is -0.507 e. The first kappa shape index (κ1) is 25.0. The van der Waals surface area contributed by atoms with Crippen molar-refractivity contribution >= 4 is 0 Å². The number of hydrogen-bond donors (Lipinski definition) is 1. The number of methoxy groups -OCH3 is 2. The molecule has 1 atom stereocenters. The molecule has 1 saturated heterocycles. The van der Waals surface area contributed by atoms with Gasteiger partial charge >= 0.3 is 0 Å². The molecule has 4 rings (SSSR count). The molecule has 1 N–H and O–H groups in total. The molecule has 0 saturated carbocycles. The molecule has 0 unspecified atom stereocenters. The third-order valence-electron chi connectivity index (χ3n) is 7.11. The van der Waals surface area contributed by atoms with Gasteiger partial charge in [0, 0.05) is 19.3 Å². The molecule has 2 aromatic carbocycles. The number of ether oxygens (including phenoxy) is 2. The summed E-state index contributed by atoms with van der Waals surface area (Å²) in [5.41, 5.74) is 3.28. The van der Waals surface area contributed by atoms with Gasteiger partial charge in [-0.2, -0.15) is 0 Å². The lowest BCUT2D eigenvalue weighted by Crippen LogP contribution is -2.41. The molecule has 186 valence electrons. The zero-order valence-corrected chi connectivity index (χ0v) is 20.9. The second-order valence-electron chi connectivity index (χ2n) is 9.38. The smallest absolute Gasteiger partial charge is 0.259 e. The number of pyridine rings is 1. The molecule has 0 radical (unpaired) electrons. The fraction of sp³-hybridized carbons (Fsp3) is 0.414. The second kappa shape index (κ2) is 11.6. The highest BCUT2D eigenvalue weighted by molar-refractivity contribution is 5.43. The van der Waals surface area contributed by atoms with Crippen molar-refractivity contribution in [3.05, 3.63) is 93.4 Å². The third-order valence-corrected chi connectivity index (χ3v) is 7.11. The predicted molar refractivity (Wildman–Crippen MR) is 138 cm³/mol. The molecule has 3 aromatic rings. The van der Waals surface area contributed by atoms with E-state index >= 15 is 0 Å². The van der Waals surface area contributed by atoms with Crippen LogP contribution in [-0.4, -0.2) is 48.5 Å². The van der Waals surface area contributed by atoms with Crippen molar-refractivity contribution in [3.8, 4) is 11.5 Å². The number of hydrogen-bond acceptors (Lipinski definition) is 5. The molecule has 1 aliphatic heterocycles. The Morgan fingerprint density at radius 2 is 1.77 bits per heavy atom. The summed E-state index contributed by atoms with van der Waals surface area (Å²) in [4.78, 5) is 16.1. The van der Waals surface area contributed by atoms with E-state index in [0.717, 1.165) is 49.4 Å². The third kappa shape index (κ3) is 5.77. The van der Waals surface area contributed by atoms with E-state index in [1.807, 2.05) is 31.2 Å². The maximum Gasteiger partial charge on any atom is 0.259 e. The van der Waals surface area contributed by atoms with Crippen LogP contribution in [0.15, 0.2) is 65.5 Å². The van der Waals surface area contributed by atoms with Crippen LogP contribution in [0.2, 0.25) is 0 Å². The number of piperidine rings is 1. The van der Waals surface area contributed by atoms with Crippen LogP contribution >= 0.6 is 0 Å². The van der Waals surface area contributed by atoms with Gasteiger partial charge in [-0.05, 0) is 74.5 Å².